The first kappa shape index (κ1) is 12.5. The van der Waals surface area contributed by atoms with Crippen LogP contribution in [0.15, 0.2) is 6.20 Å². The Morgan fingerprint density at radius 2 is 2.27 bits per heavy atom. The highest BCUT2D eigenvalue weighted by atomic mass is 32.1. The lowest BCUT2D eigenvalue weighted by atomic mass is 10.2. The molecule has 1 heterocycles. The molecule has 0 aliphatic rings. The molecule has 0 fully saturated rings. The van der Waals surface area contributed by atoms with Gasteiger partial charge in [0.1, 0.15) is 0 Å². The SMILES string of the molecule is CCNCc1cnc(N(C)C(C)CC)s1. The zero-order chi connectivity index (χ0) is 11.3. The lowest BCUT2D eigenvalue weighted by molar-refractivity contribution is 0.662. The van der Waals surface area contributed by atoms with Crippen LogP contribution < -0.4 is 10.2 Å². The van der Waals surface area contributed by atoms with Gasteiger partial charge in [0.25, 0.3) is 0 Å². The molecule has 0 saturated heterocycles. The maximum absolute atomic E-state index is 4.44. The monoisotopic (exact) mass is 227 g/mol. The lowest BCUT2D eigenvalue weighted by Gasteiger charge is -2.22. The number of aromatic nitrogens is 1. The van der Waals surface area contributed by atoms with Crippen LogP contribution in [0.1, 0.15) is 32.1 Å². The van der Waals surface area contributed by atoms with Gasteiger partial charge in [-0.2, -0.15) is 0 Å². The van der Waals surface area contributed by atoms with Gasteiger partial charge in [-0.15, -0.1) is 11.3 Å². The van der Waals surface area contributed by atoms with Crippen molar-refractivity contribution >= 4 is 16.5 Å². The third-order valence-electron chi connectivity index (χ3n) is 2.64. The second-order valence-electron chi connectivity index (χ2n) is 3.76. The predicted molar refractivity (Wildman–Crippen MR) is 67.7 cm³/mol. The van der Waals surface area contributed by atoms with Crippen LogP contribution in [0, 0.1) is 0 Å². The summed E-state index contributed by atoms with van der Waals surface area (Å²) in [5.74, 6) is 0. The van der Waals surface area contributed by atoms with E-state index in [1.54, 1.807) is 11.3 Å². The van der Waals surface area contributed by atoms with Crippen LogP contribution in [0.3, 0.4) is 0 Å². The molecule has 0 aliphatic carbocycles. The number of nitrogens with one attached hydrogen (secondary N) is 1. The Morgan fingerprint density at radius 3 is 2.87 bits per heavy atom. The van der Waals surface area contributed by atoms with E-state index in [0.717, 1.165) is 24.6 Å². The molecule has 1 atom stereocenters. The van der Waals surface area contributed by atoms with Crippen molar-refractivity contribution in [3.63, 3.8) is 0 Å². The van der Waals surface area contributed by atoms with Crippen LogP contribution in [-0.4, -0.2) is 24.6 Å². The third kappa shape index (κ3) is 3.47. The molecule has 0 aliphatic heterocycles. The standard InChI is InChI=1S/C11H21N3S/c1-5-9(3)14(4)11-13-8-10(15-11)7-12-6-2/h8-9,12H,5-7H2,1-4H3. The quantitative estimate of drug-likeness (QED) is 0.809. The van der Waals surface area contributed by atoms with E-state index in [1.165, 1.54) is 4.88 Å². The van der Waals surface area contributed by atoms with Crippen LogP contribution >= 0.6 is 11.3 Å². The molecule has 1 N–H and O–H groups in total. The van der Waals surface area contributed by atoms with E-state index in [1.807, 2.05) is 6.20 Å². The predicted octanol–water partition coefficient (Wildman–Crippen LogP) is 2.49. The van der Waals surface area contributed by atoms with Gasteiger partial charge in [-0.3, -0.25) is 0 Å². The first-order valence-corrected chi connectivity index (χ1v) is 6.38. The average molecular weight is 227 g/mol. The van der Waals surface area contributed by atoms with Crippen molar-refractivity contribution in [2.24, 2.45) is 0 Å². The van der Waals surface area contributed by atoms with Gasteiger partial charge in [0.05, 0.1) is 0 Å². The van der Waals surface area contributed by atoms with Gasteiger partial charge in [0, 0.05) is 30.7 Å². The molecule has 4 heteroatoms. The highest BCUT2D eigenvalue weighted by Crippen LogP contribution is 2.23. The summed E-state index contributed by atoms with van der Waals surface area (Å²) in [4.78, 5) is 8.00. The fraction of sp³-hybridized carbons (Fsp3) is 0.727. The maximum atomic E-state index is 4.44. The van der Waals surface area contributed by atoms with E-state index in [9.17, 15) is 0 Å². The molecule has 0 saturated carbocycles. The van der Waals surface area contributed by atoms with Crippen molar-refractivity contribution in [2.75, 3.05) is 18.5 Å². The number of hydrogen-bond acceptors (Lipinski definition) is 4. The molecule has 0 aromatic carbocycles. The molecule has 1 aromatic heterocycles. The summed E-state index contributed by atoms with van der Waals surface area (Å²) in [6.45, 7) is 8.49. The Morgan fingerprint density at radius 1 is 1.53 bits per heavy atom. The van der Waals surface area contributed by atoms with Crippen molar-refractivity contribution in [2.45, 2.75) is 39.8 Å². The number of hydrogen-bond donors (Lipinski definition) is 1. The summed E-state index contributed by atoms with van der Waals surface area (Å²) in [7, 11) is 2.12. The van der Waals surface area contributed by atoms with Gasteiger partial charge in [-0.1, -0.05) is 13.8 Å². The number of thiazole rings is 1. The van der Waals surface area contributed by atoms with Gasteiger partial charge < -0.3 is 10.2 Å². The molecule has 0 radical (unpaired) electrons. The zero-order valence-corrected chi connectivity index (χ0v) is 10.9. The Hall–Kier alpha value is -0.610. The average Bonchev–Trinajstić information content (AvgIpc) is 2.72. The first-order chi connectivity index (χ1) is 7.19. The van der Waals surface area contributed by atoms with E-state index >= 15 is 0 Å². The van der Waals surface area contributed by atoms with Crippen molar-refractivity contribution in [3.05, 3.63) is 11.1 Å². The minimum Gasteiger partial charge on any atom is -0.348 e. The molecule has 0 amide bonds. The second-order valence-corrected chi connectivity index (χ2v) is 4.85. The number of nitrogens with zero attached hydrogens (tertiary/aromatic N) is 2. The van der Waals surface area contributed by atoms with Gasteiger partial charge in [-0.25, -0.2) is 4.98 Å². The molecule has 0 spiro atoms. The van der Waals surface area contributed by atoms with Gasteiger partial charge in [-0.05, 0) is 19.9 Å². The minimum absolute atomic E-state index is 0.558. The summed E-state index contributed by atoms with van der Waals surface area (Å²) in [6.07, 6.45) is 3.13. The summed E-state index contributed by atoms with van der Waals surface area (Å²) < 4.78 is 0. The summed E-state index contributed by atoms with van der Waals surface area (Å²) in [6, 6.07) is 0.558. The van der Waals surface area contributed by atoms with E-state index in [4.69, 9.17) is 0 Å². The van der Waals surface area contributed by atoms with Crippen LogP contribution in [0.2, 0.25) is 0 Å². The minimum atomic E-state index is 0.558. The molecule has 86 valence electrons. The van der Waals surface area contributed by atoms with Crippen LogP contribution in [-0.2, 0) is 6.54 Å². The van der Waals surface area contributed by atoms with E-state index in [2.05, 4.69) is 43.0 Å². The molecule has 15 heavy (non-hydrogen) atoms. The molecule has 3 nitrogen and oxygen atoms in total. The van der Waals surface area contributed by atoms with Crippen molar-refractivity contribution < 1.29 is 0 Å². The van der Waals surface area contributed by atoms with Crippen LogP contribution in [0.25, 0.3) is 0 Å². The second kappa shape index (κ2) is 6.08. The molecule has 1 aromatic rings. The normalized spacial score (nSPS) is 12.8. The molecule has 1 unspecified atom stereocenters. The largest absolute Gasteiger partial charge is 0.348 e. The highest BCUT2D eigenvalue weighted by Gasteiger charge is 2.11. The fourth-order valence-corrected chi connectivity index (χ4v) is 2.20. The van der Waals surface area contributed by atoms with E-state index < -0.39 is 0 Å². The summed E-state index contributed by atoms with van der Waals surface area (Å²) in [5.41, 5.74) is 0. The lowest BCUT2D eigenvalue weighted by Crippen LogP contribution is -2.27. The summed E-state index contributed by atoms with van der Waals surface area (Å²) in [5, 5.41) is 4.43. The van der Waals surface area contributed by atoms with E-state index in [-0.39, 0.29) is 0 Å². The topological polar surface area (TPSA) is 28.2 Å². The maximum Gasteiger partial charge on any atom is 0.185 e. The zero-order valence-electron chi connectivity index (χ0n) is 10.1. The van der Waals surface area contributed by atoms with Gasteiger partial charge >= 0.3 is 0 Å². The van der Waals surface area contributed by atoms with Crippen molar-refractivity contribution in [1.29, 1.82) is 0 Å². The molecular formula is C11H21N3S. The Labute approximate surface area is 96.5 Å². The molecule has 0 bridgehead atoms. The first-order valence-electron chi connectivity index (χ1n) is 5.57. The summed E-state index contributed by atoms with van der Waals surface area (Å²) >= 11 is 1.78. The fourth-order valence-electron chi connectivity index (χ4n) is 1.25. The Balaban J connectivity index is 2.58. The number of rotatable bonds is 6. The van der Waals surface area contributed by atoms with Crippen LogP contribution in [0.5, 0.6) is 0 Å². The third-order valence-corrected chi connectivity index (χ3v) is 3.73. The molecular weight excluding hydrogens is 206 g/mol. The van der Waals surface area contributed by atoms with Gasteiger partial charge in [0.15, 0.2) is 5.13 Å². The molecule has 1 rings (SSSR count). The Kier molecular flexibility index (Phi) is 5.05. The van der Waals surface area contributed by atoms with Crippen molar-refractivity contribution in [1.82, 2.24) is 10.3 Å². The van der Waals surface area contributed by atoms with Gasteiger partial charge in [0.2, 0.25) is 0 Å². The smallest absolute Gasteiger partial charge is 0.185 e. The number of anilines is 1. The van der Waals surface area contributed by atoms with E-state index in [0.29, 0.717) is 6.04 Å². The van der Waals surface area contributed by atoms with Crippen molar-refractivity contribution in [3.8, 4) is 0 Å². The van der Waals surface area contributed by atoms with Crippen LogP contribution in [0.4, 0.5) is 5.13 Å². The highest BCUT2D eigenvalue weighted by molar-refractivity contribution is 7.15. The Bertz CT molecular complexity index is 285.